The van der Waals surface area contributed by atoms with Crippen LogP contribution in [0.4, 0.5) is 5.69 Å². The third kappa shape index (κ3) is 3.48. The second kappa shape index (κ2) is 6.51. The Hall–Kier alpha value is -2.18. The van der Waals surface area contributed by atoms with E-state index in [9.17, 15) is 19.7 Å². The lowest BCUT2D eigenvalue weighted by Crippen LogP contribution is -2.45. The van der Waals surface area contributed by atoms with Crippen LogP contribution in [-0.4, -0.2) is 32.9 Å². The molecule has 1 saturated heterocycles. The number of piperidine rings is 1. The lowest BCUT2D eigenvalue weighted by atomic mass is 10.00. The van der Waals surface area contributed by atoms with Crippen molar-refractivity contribution in [1.82, 2.24) is 9.47 Å². The second-order valence-electron chi connectivity index (χ2n) is 5.26. The van der Waals surface area contributed by atoms with Crippen LogP contribution >= 0.6 is 0 Å². The summed E-state index contributed by atoms with van der Waals surface area (Å²) in [7, 11) is 0. The van der Waals surface area contributed by atoms with Crippen LogP contribution < -0.4 is 5.56 Å². The van der Waals surface area contributed by atoms with Gasteiger partial charge in [-0.2, -0.15) is 0 Å². The molecule has 0 radical (unpaired) electrons. The van der Waals surface area contributed by atoms with E-state index in [2.05, 4.69) is 0 Å². The second-order valence-corrected chi connectivity index (χ2v) is 5.26. The van der Waals surface area contributed by atoms with Crippen molar-refractivity contribution in [3.8, 4) is 0 Å². The van der Waals surface area contributed by atoms with Crippen molar-refractivity contribution in [3.05, 3.63) is 38.8 Å². The lowest BCUT2D eigenvalue weighted by Gasteiger charge is -2.35. The lowest BCUT2D eigenvalue weighted by molar-refractivity contribution is -0.385. The van der Waals surface area contributed by atoms with Gasteiger partial charge in [0, 0.05) is 24.7 Å². The Labute approximate surface area is 122 Å². The Morgan fingerprint density at radius 2 is 2.19 bits per heavy atom. The van der Waals surface area contributed by atoms with E-state index >= 15 is 0 Å². The summed E-state index contributed by atoms with van der Waals surface area (Å²) < 4.78 is 1.11. The summed E-state index contributed by atoms with van der Waals surface area (Å²) in [4.78, 5) is 36.1. The highest BCUT2D eigenvalue weighted by Gasteiger charge is 2.25. The fourth-order valence-electron chi connectivity index (χ4n) is 2.74. The molecule has 1 fully saturated rings. The Morgan fingerprint density at radius 3 is 2.86 bits per heavy atom. The molecule has 2 rings (SSSR count). The van der Waals surface area contributed by atoms with Crippen molar-refractivity contribution in [3.63, 3.8) is 0 Å². The van der Waals surface area contributed by atoms with Crippen molar-refractivity contribution in [2.45, 2.75) is 45.2 Å². The quantitative estimate of drug-likeness (QED) is 0.622. The van der Waals surface area contributed by atoms with Gasteiger partial charge < -0.3 is 4.90 Å². The highest BCUT2D eigenvalue weighted by molar-refractivity contribution is 5.76. The van der Waals surface area contributed by atoms with E-state index in [-0.39, 0.29) is 24.2 Å². The van der Waals surface area contributed by atoms with E-state index in [1.165, 1.54) is 0 Å². The summed E-state index contributed by atoms with van der Waals surface area (Å²) in [5, 5.41) is 10.7. The van der Waals surface area contributed by atoms with Crippen molar-refractivity contribution in [2.75, 3.05) is 6.54 Å². The van der Waals surface area contributed by atoms with E-state index in [4.69, 9.17) is 0 Å². The fourth-order valence-corrected chi connectivity index (χ4v) is 2.74. The predicted octanol–water partition coefficient (Wildman–Crippen LogP) is 1.55. The number of hydrogen-bond acceptors (Lipinski definition) is 4. The Morgan fingerprint density at radius 1 is 1.43 bits per heavy atom. The number of amides is 1. The molecule has 1 atom stereocenters. The van der Waals surface area contributed by atoms with Crippen LogP contribution in [0, 0.1) is 10.1 Å². The number of carbonyl (C=O) groups is 1. The maximum Gasteiger partial charge on any atom is 0.285 e. The molecule has 2 heterocycles. The van der Waals surface area contributed by atoms with Gasteiger partial charge in [0.1, 0.15) is 6.54 Å². The van der Waals surface area contributed by atoms with Gasteiger partial charge in [-0.1, -0.05) is 6.92 Å². The minimum Gasteiger partial charge on any atom is -0.338 e. The van der Waals surface area contributed by atoms with Crippen LogP contribution in [0.5, 0.6) is 0 Å². The van der Waals surface area contributed by atoms with Gasteiger partial charge in [-0.05, 0) is 25.7 Å². The molecule has 1 amide bonds. The van der Waals surface area contributed by atoms with Crippen LogP contribution in [0.25, 0.3) is 0 Å². The summed E-state index contributed by atoms with van der Waals surface area (Å²) >= 11 is 0. The van der Waals surface area contributed by atoms with Gasteiger partial charge in [0.25, 0.3) is 11.2 Å². The first-order valence-corrected chi connectivity index (χ1v) is 7.17. The van der Waals surface area contributed by atoms with Crippen LogP contribution in [0.15, 0.2) is 23.1 Å². The van der Waals surface area contributed by atoms with Crippen LogP contribution in [0.2, 0.25) is 0 Å². The molecule has 0 aromatic carbocycles. The van der Waals surface area contributed by atoms with Crippen molar-refractivity contribution in [2.24, 2.45) is 0 Å². The minimum atomic E-state index is -0.573. The zero-order valence-electron chi connectivity index (χ0n) is 12.0. The number of nitrogens with zero attached hydrogens (tertiary/aromatic N) is 3. The molecule has 1 aromatic rings. The van der Waals surface area contributed by atoms with Crippen molar-refractivity contribution >= 4 is 11.6 Å². The average Bonchev–Trinajstić information content (AvgIpc) is 2.49. The summed E-state index contributed by atoms with van der Waals surface area (Å²) in [5.41, 5.74) is -0.591. The maximum absolute atomic E-state index is 12.4. The molecule has 0 aliphatic carbocycles. The SMILES string of the molecule is CCC1CCCCN1C(=O)Cn1cc([N+](=O)[O-])ccc1=O. The number of carbonyl (C=O) groups excluding carboxylic acids is 1. The van der Waals surface area contributed by atoms with Crippen molar-refractivity contribution in [1.29, 1.82) is 0 Å². The normalized spacial score (nSPS) is 18.5. The van der Waals surface area contributed by atoms with Gasteiger partial charge >= 0.3 is 0 Å². The third-order valence-electron chi connectivity index (χ3n) is 3.90. The van der Waals surface area contributed by atoms with Crippen LogP contribution in [0.1, 0.15) is 32.6 Å². The fraction of sp³-hybridized carbons (Fsp3) is 0.571. The number of hydrogen-bond donors (Lipinski definition) is 0. The first-order valence-electron chi connectivity index (χ1n) is 7.17. The monoisotopic (exact) mass is 293 g/mol. The summed E-state index contributed by atoms with van der Waals surface area (Å²) in [6, 6.07) is 2.48. The molecule has 0 N–H and O–H groups in total. The topological polar surface area (TPSA) is 85.4 Å². The summed E-state index contributed by atoms with van der Waals surface area (Å²) in [6.45, 7) is 2.59. The smallest absolute Gasteiger partial charge is 0.285 e. The molecule has 7 nitrogen and oxygen atoms in total. The number of rotatable bonds is 4. The van der Waals surface area contributed by atoms with Crippen LogP contribution in [-0.2, 0) is 11.3 Å². The van der Waals surface area contributed by atoms with Gasteiger partial charge in [0.2, 0.25) is 5.91 Å². The summed E-state index contributed by atoms with van der Waals surface area (Å²) in [5.74, 6) is -0.149. The molecular weight excluding hydrogens is 274 g/mol. The largest absolute Gasteiger partial charge is 0.338 e. The Balaban J connectivity index is 2.17. The van der Waals surface area contributed by atoms with Crippen LogP contribution in [0.3, 0.4) is 0 Å². The number of aromatic nitrogens is 1. The highest BCUT2D eigenvalue weighted by Crippen LogP contribution is 2.19. The van der Waals surface area contributed by atoms with Gasteiger partial charge in [-0.25, -0.2) is 0 Å². The molecule has 0 spiro atoms. The number of likely N-dealkylation sites (tertiary alicyclic amines) is 1. The van der Waals surface area contributed by atoms with Gasteiger partial charge in [0.05, 0.1) is 11.1 Å². The van der Waals surface area contributed by atoms with Gasteiger partial charge in [-0.3, -0.25) is 24.3 Å². The predicted molar refractivity (Wildman–Crippen MR) is 77.0 cm³/mol. The summed E-state index contributed by atoms with van der Waals surface area (Å²) in [6.07, 6.45) is 5.07. The average molecular weight is 293 g/mol. The highest BCUT2D eigenvalue weighted by atomic mass is 16.6. The first kappa shape index (κ1) is 15.2. The molecule has 1 aromatic heterocycles. The molecule has 21 heavy (non-hydrogen) atoms. The van der Waals surface area contributed by atoms with E-state index in [1.807, 2.05) is 6.92 Å². The first-order chi connectivity index (χ1) is 10.0. The molecule has 0 saturated carbocycles. The maximum atomic E-state index is 12.4. The van der Waals surface area contributed by atoms with Gasteiger partial charge in [-0.15, -0.1) is 0 Å². The minimum absolute atomic E-state index is 0.142. The van der Waals surface area contributed by atoms with Gasteiger partial charge in [0.15, 0.2) is 0 Å². The Bertz CT molecular complexity index is 596. The molecule has 1 aliphatic heterocycles. The van der Waals surface area contributed by atoms with Crippen molar-refractivity contribution < 1.29 is 9.72 Å². The number of pyridine rings is 1. The standard InChI is InChI=1S/C14H19N3O4/c1-2-11-5-3-4-8-16(11)14(19)10-15-9-12(17(20)21)6-7-13(15)18/h6-7,9,11H,2-5,8,10H2,1H3. The molecule has 1 unspecified atom stereocenters. The Kier molecular flexibility index (Phi) is 4.72. The third-order valence-corrected chi connectivity index (χ3v) is 3.90. The van der Waals surface area contributed by atoms with E-state index < -0.39 is 10.5 Å². The molecule has 7 heteroatoms. The molecule has 0 bridgehead atoms. The molecule has 1 aliphatic rings. The van der Waals surface area contributed by atoms with E-state index in [0.29, 0.717) is 6.54 Å². The molecular formula is C14H19N3O4. The number of nitro groups is 1. The van der Waals surface area contributed by atoms with E-state index in [1.54, 1.807) is 4.90 Å². The molecule has 114 valence electrons. The zero-order valence-corrected chi connectivity index (χ0v) is 12.0. The zero-order chi connectivity index (χ0) is 15.4. The van der Waals surface area contributed by atoms with E-state index in [0.717, 1.165) is 48.6 Å².